The van der Waals surface area contributed by atoms with Crippen LogP contribution >= 0.6 is 0 Å². The first-order valence-electron chi connectivity index (χ1n) is 5.82. The molecule has 1 fully saturated rings. The third-order valence-corrected chi connectivity index (χ3v) is 3.14. The molecular formula is C12H21N3. The summed E-state index contributed by atoms with van der Waals surface area (Å²) in [6.45, 7) is 9.02. The lowest BCUT2D eigenvalue weighted by Crippen LogP contribution is -2.31. The molecule has 0 unspecified atom stereocenters. The van der Waals surface area contributed by atoms with Gasteiger partial charge in [0.25, 0.3) is 0 Å². The Balaban J connectivity index is 2.24. The van der Waals surface area contributed by atoms with Crippen molar-refractivity contribution in [2.45, 2.75) is 45.1 Å². The highest BCUT2D eigenvalue weighted by Crippen LogP contribution is 2.27. The van der Waals surface area contributed by atoms with E-state index in [-0.39, 0.29) is 5.41 Å². The van der Waals surface area contributed by atoms with Gasteiger partial charge in [-0.05, 0) is 25.9 Å². The summed E-state index contributed by atoms with van der Waals surface area (Å²) in [5.41, 5.74) is 1.55. The maximum Gasteiger partial charge on any atom is 0.0950 e. The second-order valence-corrected chi connectivity index (χ2v) is 5.42. The number of hydrogen-bond donors (Lipinski definition) is 1. The Bertz CT molecular complexity index is 316. The fourth-order valence-electron chi connectivity index (χ4n) is 2.26. The van der Waals surface area contributed by atoms with Gasteiger partial charge in [0.05, 0.1) is 6.33 Å². The average molecular weight is 207 g/mol. The van der Waals surface area contributed by atoms with Crippen LogP contribution in [0.15, 0.2) is 12.5 Å². The third-order valence-electron chi connectivity index (χ3n) is 3.14. The van der Waals surface area contributed by atoms with Crippen molar-refractivity contribution in [1.29, 1.82) is 0 Å². The zero-order chi connectivity index (χ0) is 10.9. The van der Waals surface area contributed by atoms with Crippen LogP contribution < -0.4 is 5.32 Å². The highest BCUT2D eigenvalue weighted by molar-refractivity contribution is 5.12. The molecule has 0 amide bonds. The van der Waals surface area contributed by atoms with E-state index in [4.69, 9.17) is 0 Å². The number of hydrogen-bond acceptors (Lipinski definition) is 2. The molecule has 3 heteroatoms. The van der Waals surface area contributed by atoms with Gasteiger partial charge in [-0.1, -0.05) is 20.8 Å². The summed E-state index contributed by atoms with van der Waals surface area (Å²) in [7, 11) is 0. The van der Waals surface area contributed by atoms with Crippen LogP contribution in [-0.2, 0) is 5.41 Å². The molecule has 1 aromatic heterocycles. The predicted molar refractivity (Wildman–Crippen MR) is 62.1 cm³/mol. The van der Waals surface area contributed by atoms with Crippen LogP contribution in [0, 0.1) is 0 Å². The molecule has 1 N–H and O–H groups in total. The SMILES string of the molecule is CC(C)(C)c1cncn1C1CCNCC1. The number of nitrogens with zero attached hydrogens (tertiary/aromatic N) is 2. The van der Waals surface area contributed by atoms with Gasteiger partial charge >= 0.3 is 0 Å². The Hall–Kier alpha value is -0.830. The largest absolute Gasteiger partial charge is 0.331 e. The summed E-state index contributed by atoms with van der Waals surface area (Å²) < 4.78 is 2.38. The van der Waals surface area contributed by atoms with Gasteiger partial charge in [-0.2, -0.15) is 0 Å². The van der Waals surface area contributed by atoms with Gasteiger partial charge < -0.3 is 9.88 Å². The molecular weight excluding hydrogens is 186 g/mol. The molecule has 15 heavy (non-hydrogen) atoms. The van der Waals surface area contributed by atoms with Crippen molar-refractivity contribution in [3.05, 3.63) is 18.2 Å². The van der Waals surface area contributed by atoms with Crippen molar-refractivity contribution in [2.75, 3.05) is 13.1 Å². The highest BCUT2D eigenvalue weighted by atomic mass is 15.1. The second-order valence-electron chi connectivity index (χ2n) is 5.42. The lowest BCUT2D eigenvalue weighted by Gasteiger charge is -2.29. The topological polar surface area (TPSA) is 29.9 Å². The average Bonchev–Trinajstić information content (AvgIpc) is 2.67. The number of nitrogens with one attached hydrogen (secondary N) is 1. The maximum absolute atomic E-state index is 4.31. The van der Waals surface area contributed by atoms with E-state index < -0.39 is 0 Å². The van der Waals surface area contributed by atoms with Crippen LogP contribution in [0.25, 0.3) is 0 Å². The van der Waals surface area contributed by atoms with E-state index >= 15 is 0 Å². The molecule has 0 bridgehead atoms. The van der Waals surface area contributed by atoms with Gasteiger partial charge in [0.1, 0.15) is 0 Å². The first-order valence-corrected chi connectivity index (χ1v) is 5.82. The summed E-state index contributed by atoms with van der Waals surface area (Å²) in [5.74, 6) is 0. The molecule has 1 aromatic rings. The first-order chi connectivity index (χ1) is 7.09. The molecule has 0 saturated carbocycles. The lowest BCUT2D eigenvalue weighted by atomic mass is 9.91. The zero-order valence-corrected chi connectivity index (χ0v) is 9.95. The van der Waals surface area contributed by atoms with Gasteiger partial charge in [-0.25, -0.2) is 4.98 Å². The molecule has 1 aliphatic heterocycles. The molecule has 0 aliphatic carbocycles. The third kappa shape index (κ3) is 2.23. The second kappa shape index (κ2) is 3.97. The molecule has 84 valence electrons. The number of imidazole rings is 1. The van der Waals surface area contributed by atoms with Crippen LogP contribution in [-0.4, -0.2) is 22.6 Å². The van der Waals surface area contributed by atoms with E-state index in [1.165, 1.54) is 18.5 Å². The molecule has 0 radical (unpaired) electrons. The molecule has 3 nitrogen and oxygen atoms in total. The highest BCUT2D eigenvalue weighted by Gasteiger charge is 2.23. The fraction of sp³-hybridized carbons (Fsp3) is 0.750. The van der Waals surface area contributed by atoms with Crippen molar-refractivity contribution in [3.63, 3.8) is 0 Å². The Kier molecular flexibility index (Phi) is 2.83. The summed E-state index contributed by atoms with van der Waals surface area (Å²) in [4.78, 5) is 4.31. The standard InChI is InChI=1S/C12H21N3/c1-12(2,3)11-8-14-9-15(11)10-4-6-13-7-5-10/h8-10,13H,4-7H2,1-3H3. The van der Waals surface area contributed by atoms with E-state index in [9.17, 15) is 0 Å². The van der Waals surface area contributed by atoms with E-state index in [0.29, 0.717) is 6.04 Å². The first kappa shape index (κ1) is 10.7. The molecule has 0 aromatic carbocycles. The van der Waals surface area contributed by atoms with Crippen molar-refractivity contribution in [1.82, 2.24) is 14.9 Å². The maximum atomic E-state index is 4.31. The van der Waals surface area contributed by atoms with Crippen LogP contribution in [0.3, 0.4) is 0 Å². The summed E-state index contributed by atoms with van der Waals surface area (Å²) >= 11 is 0. The van der Waals surface area contributed by atoms with Crippen molar-refractivity contribution in [3.8, 4) is 0 Å². The van der Waals surface area contributed by atoms with Crippen molar-refractivity contribution >= 4 is 0 Å². The number of aromatic nitrogens is 2. The Labute approximate surface area is 91.9 Å². The summed E-state index contributed by atoms with van der Waals surface area (Å²) in [6, 6.07) is 0.642. The smallest absolute Gasteiger partial charge is 0.0950 e. The Morgan fingerprint density at radius 1 is 1.33 bits per heavy atom. The van der Waals surface area contributed by atoms with Gasteiger partial charge in [0.15, 0.2) is 0 Å². The minimum atomic E-state index is 0.196. The molecule has 2 heterocycles. The Morgan fingerprint density at radius 2 is 2.00 bits per heavy atom. The minimum absolute atomic E-state index is 0.196. The van der Waals surface area contributed by atoms with Gasteiger partial charge in [0, 0.05) is 23.3 Å². The number of rotatable bonds is 1. The Morgan fingerprint density at radius 3 is 2.60 bits per heavy atom. The van der Waals surface area contributed by atoms with E-state index in [1.807, 2.05) is 12.5 Å². The summed E-state index contributed by atoms with van der Waals surface area (Å²) in [6.07, 6.45) is 6.46. The summed E-state index contributed by atoms with van der Waals surface area (Å²) in [5, 5.41) is 3.40. The van der Waals surface area contributed by atoms with E-state index in [1.54, 1.807) is 0 Å². The minimum Gasteiger partial charge on any atom is -0.331 e. The monoisotopic (exact) mass is 207 g/mol. The fourth-order valence-corrected chi connectivity index (χ4v) is 2.26. The van der Waals surface area contributed by atoms with Crippen LogP contribution in [0.1, 0.15) is 45.3 Å². The van der Waals surface area contributed by atoms with Gasteiger partial charge in [0.2, 0.25) is 0 Å². The van der Waals surface area contributed by atoms with Gasteiger partial charge in [-0.15, -0.1) is 0 Å². The molecule has 0 spiro atoms. The molecule has 1 saturated heterocycles. The zero-order valence-electron chi connectivity index (χ0n) is 9.95. The molecule has 2 rings (SSSR count). The van der Waals surface area contributed by atoms with Crippen LogP contribution in [0.2, 0.25) is 0 Å². The predicted octanol–water partition coefficient (Wildman–Crippen LogP) is 2.11. The normalized spacial score (nSPS) is 19.4. The van der Waals surface area contributed by atoms with E-state index in [2.05, 4.69) is 35.6 Å². The quantitative estimate of drug-likeness (QED) is 0.764. The molecule has 1 aliphatic rings. The lowest BCUT2D eigenvalue weighted by molar-refractivity contribution is 0.347. The van der Waals surface area contributed by atoms with Gasteiger partial charge in [-0.3, -0.25) is 0 Å². The van der Waals surface area contributed by atoms with Crippen molar-refractivity contribution < 1.29 is 0 Å². The molecule has 0 atom stereocenters. The van der Waals surface area contributed by atoms with Crippen LogP contribution in [0.5, 0.6) is 0 Å². The van der Waals surface area contributed by atoms with Crippen LogP contribution in [0.4, 0.5) is 0 Å². The number of piperidine rings is 1. The van der Waals surface area contributed by atoms with E-state index in [0.717, 1.165) is 13.1 Å². The van der Waals surface area contributed by atoms with Crippen molar-refractivity contribution in [2.24, 2.45) is 0 Å².